The molecule has 0 radical (unpaired) electrons. The third kappa shape index (κ3) is 4.82. The van der Waals surface area contributed by atoms with Crippen LogP contribution in [0.5, 0.6) is 0 Å². The predicted molar refractivity (Wildman–Crippen MR) is 108 cm³/mol. The maximum absolute atomic E-state index is 12.8. The van der Waals surface area contributed by atoms with Crippen LogP contribution >= 0.6 is 23.2 Å². The Bertz CT molecular complexity index is 922. The van der Waals surface area contributed by atoms with Crippen LogP contribution in [0.3, 0.4) is 0 Å². The second-order valence-corrected chi connectivity index (χ2v) is 9.18. The van der Waals surface area contributed by atoms with Gasteiger partial charge in [0.15, 0.2) is 0 Å². The van der Waals surface area contributed by atoms with Gasteiger partial charge in [0, 0.05) is 24.3 Å². The normalized spacial score (nSPS) is 15.9. The minimum Gasteiger partial charge on any atom is -0.322 e. The summed E-state index contributed by atoms with van der Waals surface area (Å²) in [6.45, 7) is 1.09. The highest BCUT2D eigenvalue weighted by molar-refractivity contribution is 7.89. The molecule has 1 saturated heterocycles. The van der Waals surface area contributed by atoms with Gasteiger partial charge in [-0.1, -0.05) is 36.0 Å². The van der Waals surface area contributed by atoms with Crippen LogP contribution in [0.2, 0.25) is 10.0 Å². The molecule has 5 nitrogen and oxygen atoms in total. The van der Waals surface area contributed by atoms with Crippen molar-refractivity contribution in [1.82, 2.24) is 4.31 Å². The molecule has 1 N–H and O–H groups in total. The van der Waals surface area contributed by atoms with E-state index in [1.54, 1.807) is 18.2 Å². The van der Waals surface area contributed by atoms with Gasteiger partial charge in [-0.2, -0.15) is 4.31 Å². The van der Waals surface area contributed by atoms with Gasteiger partial charge in [-0.3, -0.25) is 4.79 Å². The molecule has 0 atom stereocenters. The second kappa shape index (κ2) is 8.61. The fourth-order valence-electron chi connectivity index (χ4n) is 2.99. The zero-order chi connectivity index (χ0) is 19.4. The van der Waals surface area contributed by atoms with Crippen molar-refractivity contribution in [2.75, 3.05) is 18.4 Å². The minimum absolute atomic E-state index is 0.204. The fraction of sp³-hybridized carbons (Fsp3) is 0.316. The van der Waals surface area contributed by atoms with Crippen molar-refractivity contribution in [3.8, 4) is 0 Å². The van der Waals surface area contributed by atoms with E-state index in [1.165, 1.54) is 28.6 Å². The van der Waals surface area contributed by atoms with Crippen LogP contribution in [0.25, 0.3) is 0 Å². The largest absolute Gasteiger partial charge is 0.322 e. The first-order chi connectivity index (χ1) is 12.9. The lowest BCUT2D eigenvalue weighted by molar-refractivity contribution is 0.102. The lowest BCUT2D eigenvalue weighted by Crippen LogP contribution is -2.31. The van der Waals surface area contributed by atoms with Crippen LogP contribution in [0, 0.1) is 0 Å². The Labute approximate surface area is 169 Å². The average molecular weight is 427 g/mol. The summed E-state index contributed by atoms with van der Waals surface area (Å²) in [6.07, 6.45) is 3.87. The molecule has 0 unspecified atom stereocenters. The lowest BCUT2D eigenvalue weighted by Gasteiger charge is -2.20. The average Bonchev–Trinajstić information content (AvgIpc) is 2.95. The van der Waals surface area contributed by atoms with Crippen LogP contribution in [0.1, 0.15) is 36.0 Å². The van der Waals surface area contributed by atoms with Gasteiger partial charge >= 0.3 is 0 Å². The summed E-state index contributed by atoms with van der Waals surface area (Å²) in [6, 6.07) is 10.8. The van der Waals surface area contributed by atoms with Gasteiger partial charge in [0.05, 0.1) is 14.9 Å². The number of anilines is 1. The van der Waals surface area contributed by atoms with Crippen molar-refractivity contribution in [3.63, 3.8) is 0 Å². The van der Waals surface area contributed by atoms with E-state index in [0.29, 0.717) is 34.4 Å². The van der Waals surface area contributed by atoms with Crippen molar-refractivity contribution >= 4 is 44.8 Å². The van der Waals surface area contributed by atoms with E-state index < -0.39 is 10.0 Å². The van der Waals surface area contributed by atoms with Crippen molar-refractivity contribution in [2.45, 2.75) is 30.6 Å². The molecule has 27 heavy (non-hydrogen) atoms. The van der Waals surface area contributed by atoms with Crippen LogP contribution in [-0.2, 0) is 10.0 Å². The third-order valence-corrected chi connectivity index (χ3v) is 7.15. The number of hydrogen-bond acceptors (Lipinski definition) is 3. The first kappa shape index (κ1) is 20.1. The molecule has 8 heteroatoms. The molecule has 1 fully saturated rings. The quantitative estimate of drug-likeness (QED) is 0.762. The van der Waals surface area contributed by atoms with Crippen molar-refractivity contribution in [2.24, 2.45) is 0 Å². The summed E-state index contributed by atoms with van der Waals surface area (Å²) >= 11 is 11.8. The molecule has 3 rings (SSSR count). The number of rotatable bonds is 4. The van der Waals surface area contributed by atoms with Gasteiger partial charge in [0.25, 0.3) is 5.91 Å². The minimum atomic E-state index is -3.53. The number of amides is 1. The lowest BCUT2D eigenvalue weighted by atomic mass is 10.2. The maximum atomic E-state index is 12.8. The number of hydrogen-bond donors (Lipinski definition) is 1. The molecule has 0 saturated carbocycles. The number of nitrogens with zero attached hydrogens (tertiary/aromatic N) is 1. The van der Waals surface area contributed by atoms with Crippen LogP contribution in [0.15, 0.2) is 47.4 Å². The molecule has 0 aromatic heterocycles. The summed E-state index contributed by atoms with van der Waals surface area (Å²) in [5.41, 5.74) is 0.867. The summed E-state index contributed by atoms with van der Waals surface area (Å²) < 4.78 is 27.1. The predicted octanol–water partition coefficient (Wildman–Crippen LogP) is 4.81. The Morgan fingerprint density at radius 2 is 1.52 bits per heavy atom. The summed E-state index contributed by atoms with van der Waals surface area (Å²) in [4.78, 5) is 12.6. The highest BCUT2D eigenvalue weighted by atomic mass is 35.5. The van der Waals surface area contributed by atoms with E-state index >= 15 is 0 Å². The van der Waals surface area contributed by atoms with Gasteiger partial charge in [0.1, 0.15) is 0 Å². The second-order valence-electron chi connectivity index (χ2n) is 6.43. The van der Waals surface area contributed by atoms with Gasteiger partial charge < -0.3 is 5.32 Å². The van der Waals surface area contributed by atoms with E-state index in [9.17, 15) is 13.2 Å². The molecule has 0 spiro atoms. The Hall–Kier alpha value is -1.60. The number of carbonyl (C=O) groups is 1. The molecular weight excluding hydrogens is 407 g/mol. The molecule has 1 aliphatic rings. The molecule has 2 aromatic rings. The number of sulfonamides is 1. The highest BCUT2D eigenvalue weighted by Crippen LogP contribution is 2.25. The number of carbonyl (C=O) groups excluding carboxylic acids is 1. The Balaban J connectivity index is 1.74. The zero-order valence-electron chi connectivity index (χ0n) is 14.6. The van der Waals surface area contributed by atoms with E-state index in [4.69, 9.17) is 23.2 Å². The van der Waals surface area contributed by atoms with E-state index in [2.05, 4.69) is 5.32 Å². The third-order valence-electron chi connectivity index (χ3n) is 4.50. The molecule has 1 heterocycles. The molecule has 0 bridgehead atoms. The summed E-state index contributed by atoms with van der Waals surface area (Å²) in [5, 5.41) is 3.46. The maximum Gasteiger partial charge on any atom is 0.255 e. The van der Waals surface area contributed by atoms with Gasteiger partial charge in [-0.15, -0.1) is 0 Å². The number of benzene rings is 2. The van der Waals surface area contributed by atoms with Gasteiger partial charge in [-0.05, 0) is 55.3 Å². The Morgan fingerprint density at radius 3 is 2.11 bits per heavy atom. The van der Waals surface area contributed by atoms with Crippen molar-refractivity contribution in [1.29, 1.82) is 0 Å². The number of halogens is 2. The molecular formula is C19H20Cl2N2O3S. The van der Waals surface area contributed by atoms with Gasteiger partial charge in [-0.25, -0.2) is 8.42 Å². The molecule has 1 amide bonds. The fourth-order valence-corrected chi connectivity index (χ4v) is 4.80. The highest BCUT2D eigenvalue weighted by Gasteiger charge is 2.25. The van der Waals surface area contributed by atoms with Crippen molar-refractivity contribution in [3.05, 3.63) is 58.1 Å². The van der Waals surface area contributed by atoms with E-state index in [-0.39, 0.29) is 10.8 Å². The van der Waals surface area contributed by atoms with E-state index in [0.717, 1.165) is 25.7 Å². The monoisotopic (exact) mass is 426 g/mol. The molecule has 144 valence electrons. The van der Waals surface area contributed by atoms with Crippen LogP contribution in [-0.4, -0.2) is 31.7 Å². The summed E-state index contributed by atoms with van der Waals surface area (Å²) in [5.74, 6) is -0.355. The molecule has 1 aliphatic heterocycles. The smallest absolute Gasteiger partial charge is 0.255 e. The Morgan fingerprint density at radius 1 is 0.889 bits per heavy atom. The van der Waals surface area contributed by atoms with E-state index in [1.807, 2.05) is 0 Å². The first-order valence-corrected chi connectivity index (χ1v) is 10.9. The SMILES string of the molecule is O=C(Nc1ccc(Cl)c(Cl)c1)c1ccc(S(=O)(=O)N2CCCCCC2)cc1. The van der Waals surface area contributed by atoms with Crippen LogP contribution in [0.4, 0.5) is 5.69 Å². The molecule has 2 aromatic carbocycles. The standard InChI is InChI=1S/C19H20Cl2N2O3S/c20-17-10-7-15(13-18(17)21)22-19(24)14-5-8-16(9-6-14)27(25,26)23-11-3-1-2-4-12-23/h5-10,13H,1-4,11-12H2,(H,22,24). The van der Waals surface area contributed by atoms with Crippen molar-refractivity contribution < 1.29 is 13.2 Å². The van der Waals surface area contributed by atoms with Gasteiger partial charge in [0.2, 0.25) is 10.0 Å². The Kier molecular flexibility index (Phi) is 6.42. The van der Waals surface area contributed by atoms with Crippen LogP contribution < -0.4 is 5.32 Å². The zero-order valence-corrected chi connectivity index (χ0v) is 16.9. The summed E-state index contributed by atoms with van der Waals surface area (Å²) in [7, 11) is -3.53. The number of nitrogens with one attached hydrogen (secondary N) is 1. The molecule has 0 aliphatic carbocycles. The first-order valence-electron chi connectivity index (χ1n) is 8.74. The topological polar surface area (TPSA) is 66.5 Å².